The lowest BCUT2D eigenvalue weighted by atomic mass is 9.93. The van der Waals surface area contributed by atoms with Crippen LogP contribution in [0.1, 0.15) is 27.2 Å². The lowest BCUT2D eigenvalue weighted by Gasteiger charge is -2.27. The van der Waals surface area contributed by atoms with E-state index in [0.717, 1.165) is 28.9 Å². The van der Waals surface area contributed by atoms with Gasteiger partial charge >= 0.3 is 0 Å². The van der Waals surface area contributed by atoms with Crippen LogP contribution in [-0.2, 0) is 4.79 Å². The zero-order valence-electron chi connectivity index (χ0n) is 11.0. The van der Waals surface area contributed by atoms with Crippen LogP contribution >= 0.6 is 15.9 Å². The van der Waals surface area contributed by atoms with E-state index in [-0.39, 0.29) is 5.91 Å². The molecule has 4 heteroatoms. The number of hydrogen-bond acceptors (Lipinski definition) is 2. The molecule has 1 aliphatic rings. The van der Waals surface area contributed by atoms with Crippen LogP contribution in [0.15, 0.2) is 22.7 Å². The number of anilines is 1. The van der Waals surface area contributed by atoms with Gasteiger partial charge in [-0.15, -0.1) is 0 Å². The molecule has 1 aromatic carbocycles. The van der Waals surface area contributed by atoms with Crippen LogP contribution in [0.3, 0.4) is 0 Å². The summed E-state index contributed by atoms with van der Waals surface area (Å²) in [5, 5.41) is 0. The van der Waals surface area contributed by atoms with E-state index >= 15 is 0 Å². The normalized spacial score (nSPS) is 18.0. The average Bonchev–Trinajstić information content (AvgIpc) is 2.41. The summed E-state index contributed by atoms with van der Waals surface area (Å²) in [6, 6.07) is 5.80. The number of halogens is 1. The second-order valence-corrected chi connectivity index (χ2v) is 6.16. The van der Waals surface area contributed by atoms with Crippen LogP contribution in [-0.4, -0.2) is 19.1 Å². The van der Waals surface area contributed by atoms with E-state index in [9.17, 15) is 4.79 Å². The highest BCUT2D eigenvalue weighted by Crippen LogP contribution is 2.38. The van der Waals surface area contributed by atoms with Gasteiger partial charge in [0.15, 0.2) is 0 Å². The Bertz CT molecular complexity index is 471. The summed E-state index contributed by atoms with van der Waals surface area (Å²) < 4.78 is 6.76. The van der Waals surface area contributed by atoms with Gasteiger partial charge in [0.1, 0.15) is 12.4 Å². The summed E-state index contributed by atoms with van der Waals surface area (Å²) in [6.07, 6.45) is 0.928. The molecule has 98 valence electrons. The van der Waals surface area contributed by atoms with Crippen LogP contribution in [0.2, 0.25) is 0 Å². The molecule has 0 aromatic heterocycles. The summed E-state index contributed by atoms with van der Waals surface area (Å²) in [6.45, 7) is 7.07. The summed E-state index contributed by atoms with van der Waals surface area (Å²) in [7, 11) is 0. The first-order chi connectivity index (χ1) is 8.45. The van der Waals surface area contributed by atoms with Gasteiger partial charge in [-0.25, -0.2) is 0 Å². The Morgan fingerprint density at radius 1 is 1.44 bits per heavy atom. The molecule has 0 atom stereocenters. The molecular weight excluding hydrogens is 294 g/mol. The number of nitrogens with zero attached hydrogens (tertiary/aromatic N) is 1. The Kier molecular flexibility index (Phi) is 3.66. The molecule has 0 N–H and O–H groups in total. The van der Waals surface area contributed by atoms with Crippen LogP contribution in [0.5, 0.6) is 5.75 Å². The van der Waals surface area contributed by atoms with Crippen molar-refractivity contribution in [3.05, 3.63) is 22.7 Å². The molecule has 1 aromatic rings. The van der Waals surface area contributed by atoms with E-state index in [0.29, 0.717) is 6.61 Å². The van der Waals surface area contributed by atoms with Gasteiger partial charge < -0.3 is 9.64 Å². The summed E-state index contributed by atoms with van der Waals surface area (Å²) in [5.41, 5.74) is 0.385. The standard InChI is InChI=1S/C14H18BrNO2/c1-4-7-16-11-6-5-10(15)8-12(11)18-9-14(2,3)13(16)17/h5-6,8H,4,7,9H2,1-3H3. The molecule has 3 nitrogen and oxygen atoms in total. The number of amides is 1. The van der Waals surface area contributed by atoms with E-state index < -0.39 is 5.41 Å². The van der Waals surface area contributed by atoms with Crippen molar-refractivity contribution >= 4 is 27.5 Å². The van der Waals surface area contributed by atoms with Crippen LogP contribution in [0.25, 0.3) is 0 Å². The first-order valence-electron chi connectivity index (χ1n) is 6.20. The molecule has 0 saturated carbocycles. The van der Waals surface area contributed by atoms with Crippen molar-refractivity contribution in [1.29, 1.82) is 0 Å². The van der Waals surface area contributed by atoms with Gasteiger partial charge in [0, 0.05) is 11.0 Å². The molecule has 1 amide bonds. The van der Waals surface area contributed by atoms with Gasteiger partial charge in [0.05, 0.1) is 11.1 Å². The van der Waals surface area contributed by atoms with Crippen molar-refractivity contribution in [2.45, 2.75) is 27.2 Å². The first kappa shape index (κ1) is 13.4. The quantitative estimate of drug-likeness (QED) is 0.835. The Morgan fingerprint density at radius 2 is 2.17 bits per heavy atom. The van der Waals surface area contributed by atoms with Gasteiger partial charge in [0.2, 0.25) is 5.91 Å². The lowest BCUT2D eigenvalue weighted by Crippen LogP contribution is -2.42. The van der Waals surface area contributed by atoms with E-state index in [1.54, 1.807) is 0 Å². The smallest absolute Gasteiger partial charge is 0.236 e. The lowest BCUT2D eigenvalue weighted by molar-refractivity contribution is -0.127. The van der Waals surface area contributed by atoms with E-state index in [1.807, 2.05) is 36.9 Å². The molecule has 1 heterocycles. The summed E-state index contributed by atoms with van der Waals surface area (Å²) >= 11 is 3.44. The zero-order chi connectivity index (χ0) is 13.3. The molecule has 0 radical (unpaired) electrons. The minimum atomic E-state index is -0.485. The Morgan fingerprint density at radius 3 is 2.83 bits per heavy atom. The van der Waals surface area contributed by atoms with Crippen molar-refractivity contribution < 1.29 is 9.53 Å². The molecule has 0 unspecified atom stereocenters. The molecule has 0 bridgehead atoms. The Labute approximate surface area is 116 Å². The molecular formula is C14H18BrNO2. The fraction of sp³-hybridized carbons (Fsp3) is 0.500. The summed E-state index contributed by atoms with van der Waals surface area (Å²) in [5.74, 6) is 0.905. The number of carbonyl (C=O) groups excluding carboxylic acids is 1. The zero-order valence-corrected chi connectivity index (χ0v) is 12.6. The maximum Gasteiger partial charge on any atom is 0.236 e. The Hall–Kier alpha value is -1.03. The molecule has 2 rings (SSSR count). The Balaban J connectivity index is 2.49. The number of benzene rings is 1. The molecule has 1 aliphatic heterocycles. The van der Waals surface area contributed by atoms with Gasteiger partial charge in [-0.2, -0.15) is 0 Å². The van der Waals surface area contributed by atoms with Crippen LogP contribution in [0, 0.1) is 5.41 Å². The third-order valence-electron chi connectivity index (χ3n) is 3.07. The van der Waals surface area contributed by atoms with E-state index in [1.165, 1.54) is 0 Å². The highest BCUT2D eigenvalue weighted by molar-refractivity contribution is 9.10. The second kappa shape index (κ2) is 4.92. The van der Waals surface area contributed by atoms with Crippen molar-refractivity contribution in [2.75, 3.05) is 18.1 Å². The van der Waals surface area contributed by atoms with Gasteiger partial charge in [0.25, 0.3) is 0 Å². The van der Waals surface area contributed by atoms with Gasteiger partial charge in [-0.3, -0.25) is 4.79 Å². The van der Waals surface area contributed by atoms with Crippen molar-refractivity contribution in [2.24, 2.45) is 5.41 Å². The SMILES string of the molecule is CCCN1C(=O)C(C)(C)COc2cc(Br)ccc21. The fourth-order valence-electron chi connectivity index (χ4n) is 2.07. The fourth-order valence-corrected chi connectivity index (χ4v) is 2.41. The maximum atomic E-state index is 12.5. The molecule has 0 spiro atoms. The average molecular weight is 312 g/mol. The molecule has 0 aliphatic carbocycles. The second-order valence-electron chi connectivity index (χ2n) is 5.24. The van der Waals surface area contributed by atoms with Gasteiger partial charge in [-0.05, 0) is 38.5 Å². The molecule has 0 fully saturated rings. The summed E-state index contributed by atoms with van der Waals surface area (Å²) in [4.78, 5) is 14.4. The molecule has 18 heavy (non-hydrogen) atoms. The molecule has 0 saturated heterocycles. The first-order valence-corrected chi connectivity index (χ1v) is 6.99. The van der Waals surface area contributed by atoms with E-state index in [4.69, 9.17) is 4.74 Å². The largest absolute Gasteiger partial charge is 0.490 e. The number of fused-ring (bicyclic) bond motifs is 1. The predicted octanol–water partition coefficient (Wildman–Crippen LogP) is 3.61. The minimum Gasteiger partial charge on any atom is -0.490 e. The van der Waals surface area contributed by atoms with Crippen molar-refractivity contribution in [3.8, 4) is 5.75 Å². The van der Waals surface area contributed by atoms with Crippen LogP contribution in [0.4, 0.5) is 5.69 Å². The highest BCUT2D eigenvalue weighted by Gasteiger charge is 2.37. The maximum absolute atomic E-state index is 12.5. The predicted molar refractivity (Wildman–Crippen MR) is 76.1 cm³/mol. The topological polar surface area (TPSA) is 29.5 Å². The minimum absolute atomic E-state index is 0.130. The third kappa shape index (κ3) is 2.39. The van der Waals surface area contributed by atoms with Crippen LogP contribution < -0.4 is 9.64 Å². The number of hydrogen-bond donors (Lipinski definition) is 0. The third-order valence-corrected chi connectivity index (χ3v) is 3.57. The number of carbonyl (C=O) groups is 1. The van der Waals surface area contributed by atoms with Crippen molar-refractivity contribution in [3.63, 3.8) is 0 Å². The van der Waals surface area contributed by atoms with E-state index in [2.05, 4.69) is 22.9 Å². The monoisotopic (exact) mass is 311 g/mol. The van der Waals surface area contributed by atoms with Crippen molar-refractivity contribution in [1.82, 2.24) is 0 Å². The van der Waals surface area contributed by atoms with Gasteiger partial charge in [-0.1, -0.05) is 22.9 Å². The number of rotatable bonds is 2. The highest BCUT2D eigenvalue weighted by atomic mass is 79.9. The number of ether oxygens (including phenoxy) is 1.